The quantitative estimate of drug-likeness (QED) is 0.506. The molecule has 1 fully saturated rings. The first-order chi connectivity index (χ1) is 14.2. The van der Waals surface area contributed by atoms with E-state index in [-0.39, 0.29) is 17.4 Å². The number of esters is 1. The first-order valence-corrected chi connectivity index (χ1v) is 9.95. The second-order valence-corrected chi connectivity index (χ2v) is 8.58. The molecular formula is C24H24FNO4. The standard InChI is InChI=1S/C24H24FNO4/c1-24(2,3)30-23(28)26-19-13-16(14-7-10-17(25)11-8-14)9-12-18(19)20(15-5-6-15)21(26)22(27)29-4/h7-13,15H,5-6H2,1-4H3. The lowest BCUT2D eigenvalue weighted by molar-refractivity contribution is 0.0488. The van der Waals surface area contributed by atoms with Crippen LogP contribution in [-0.2, 0) is 9.47 Å². The van der Waals surface area contributed by atoms with Crippen LogP contribution in [0.25, 0.3) is 22.0 Å². The van der Waals surface area contributed by atoms with Gasteiger partial charge in [0.2, 0.25) is 0 Å². The number of carbonyl (C=O) groups is 2. The van der Waals surface area contributed by atoms with E-state index in [1.807, 2.05) is 18.2 Å². The molecule has 1 aliphatic carbocycles. The van der Waals surface area contributed by atoms with Gasteiger partial charge in [-0.15, -0.1) is 0 Å². The topological polar surface area (TPSA) is 57.5 Å². The molecule has 1 heterocycles. The third-order valence-corrected chi connectivity index (χ3v) is 5.13. The van der Waals surface area contributed by atoms with E-state index < -0.39 is 17.7 Å². The van der Waals surface area contributed by atoms with Gasteiger partial charge in [-0.05, 0) is 74.4 Å². The predicted molar refractivity (Wildman–Crippen MR) is 112 cm³/mol. The zero-order chi connectivity index (χ0) is 21.6. The predicted octanol–water partition coefficient (Wildman–Crippen LogP) is 5.89. The van der Waals surface area contributed by atoms with Crippen molar-refractivity contribution in [2.75, 3.05) is 7.11 Å². The van der Waals surface area contributed by atoms with E-state index in [0.29, 0.717) is 5.52 Å². The molecule has 6 heteroatoms. The molecule has 4 rings (SSSR count). The second-order valence-electron chi connectivity index (χ2n) is 8.58. The molecule has 2 aromatic carbocycles. The second kappa shape index (κ2) is 7.27. The van der Waals surface area contributed by atoms with Gasteiger partial charge >= 0.3 is 12.1 Å². The maximum absolute atomic E-state index is 13.3. The van der Waals surface area contributed by atoms with Gasteiger partial charge in [-0.1, -0.05) is 24.3 Å². The number of fused-ring (bicyclic) bond motifs is 1. The number of aromatic nitrogens is 1. The van der Waals surface area contributed by atoms with Crippen molar-refractivity contribution in [2.24, 2.45) is 0 Å². The number of carbonyl (C=O) groups excluding carboxylic acids is 2. The monoisotopic (exact) mass is 409 g/mol. The molecule has 1 saturated carbocycles. The average Bonchev–Trinajstić information content (AvgIpc) is 3.46. The lowest BCUT2D eigenvalue weighted by Gasteiger charge is -2.20. The van der Waals surface area contributed by atoms with Crippen LogP contribution >= 0.6 is 0 Å². The number of nitrogens with zero attached hydrogens (tertiary/aromatic N) is 1. The van der Waals surface area contributed by atoms with E-state index in [1.54, 1.807) is 32.9 Å². The van der Waals surface area contributed by atoms with Crippen molar-refractivity contribution in [3.63, 3.8) is 0 Å². The summed E-state index contributed by atoms with van der Waals surface area (Å²) >= 11 is 0. The maximum atomic E-state index is 13.3. The van der Waals surface area contributed by atoms with E-state index in [2.05, 4.69) is 0 Å². The first kappa shape index (κ1) is 20.1. The molecule has 0 radical (unpaired) electrons. The summed E-state index contributed by atoms with van der Waals surface area (Å²) in [5.41, 5.74) is 2.52. The summed E-state index contributed by atoms with van der Waals surface area (Å²) in [6.45, 7) is 5.33. The molecule has 0 bridgehead atoms. The molecule has 156 valence electrons. The summed E-state index contributed by atoms with van der Waals surface area (Å²) in [7, 11) is 1.31. The van der Waals surface area contributed by atoms with Crippen molar-refractivity contribution in [3.8, 4) is 11.1 Å². The van der Waals surface area contributed by atoms with Gasteiger partial charge in [-0.3, -0.25) is 0 Å². The van der Waals surface area contributed by atoms with E-state index in [4.69, 9.17) is 9.47 Å². The van der Waals surface area contributed by atoms with Crippen LogP contribution in [0.3, 0.4) is 0 Å². The molecule has 0 spiro atoms. The van der Waals surface area contributed by atoms with E-state index in [9.17, 15) is 14.0 Å². The van der Waals surface area contributed by atoms with Gasteiger partial charge in [-0.25, -0.2) is 18.5 Å². The van der Waals surface area contributed by atoms with Crippen LogP contribution < -0.4 is 0 Å². The van der Waals surface area contributed by atoms with Gasteiger partial charge < -0.3 is 9.47 Å². The Balaban J connectivity index is 1.98. The average molecular weight is 409 g/mol. The SMILES string of the molecule is COC(=O)c1c(C2CC2)c2ccc(-c3ccc(F)cc3)cc2n1C(=O)OC(C)(C)C. The largest absolute Gasteiger partial charge is 0.464 e. The lowest BCUT2D eigenvalue weighted by Crippen LogP contribution is -2.29. The maximum Gasteiger partial charge on any atom is 0.419 e. The molecule has 1 aromatic heterocycles. The molecule has 0 aliphatic heterocycles. The zero-order valence-electron chi connectivity index (χ0n) is 17.5. The minimum absolute atomic E-state index is 0.210. The van der Waals surface area contributed by atoms with Crippen molar-refractivity contribution in [2.45, 2.75) is 45.1 Å². The van der Waals surface area contributed by atoms with Gasteiger partial charge in [0, 0.05) is 5.39 Å². The van der Waals surface area contributed by atoms with Crippen molar-refractivity contribution in [3.05, 3.63) is 59.5 Å². The van der Waals surface area contributed by atoms with Gasteiger partial charge in [0.15, 0.2) is 0 Å². The third kappa shape index (κ3) is 3.70. The summed E-state index contributed by atoms with van der Waals surface area (Å²) in [4.78, 5) is 25.9. The highest BCUT2D eigenvalue weighted by Gasteiger charge is 2.37. The van der Waals surface area contributed by atoms with E-state index in [1.165, 1.54) is 23.8 Å². The van der Waals surface area contributed by atoms with Crippen molar-refractivity contribution >= 4 is 23.0 Å². The Hall–Kier alpha value is -3.15. The normalized spacial score (nSPS) is 14.0. The van der Waals surface area contributed by atoms with Crippen LogP contribution in [0.1, 0.15) is 55.6 Å². The van der Waals surface area contributed by atoms with E-state index >= 15 is 0 Å². The van der Waals surface area contributed by atoms with Gasteiger partial charge in [0.1, 0.15) is 17.1 Å². The van der Waals surface area contributed by atoms with Crippen LogP contribution in [0.4, 0.5) is 9.18 Å². The number of benzene rings is 2. The highest BCUT2D eigenvalue weighted by atomic mass is 19.1. The molecule has 0 saturated heterocycles. The van der Waals surface area contributed by atoms with Crippen LogP contribution in [0, 0.1) is 5.82 Å². The molecular weight excluding hydrogens is 385 g/mol. The van der Waals surface area contributed by atoms with Crippen LogP contribution in [0.15, 0.2) is 42.5 Å². The third-order valence-electron chi connectivity index (χ3n) is 5.13. The molecule has 1 aliphatic rings. The molecule has 3 aromatic rings. The number of halogens is 1. The zero-order valence-corrected chi connectivity index (χ0v) is 17.5. The lowest BCUT2D eigenvalue weighted by atomic mass is 10.0. The fourth-order valence-corrected chi connectivity index (χ4v) is 3.72. The summed E-state index contributed by atoms with van der Waals surface area (Å²) in [6.07, 6.45) is 1.28. The van der Waals surface area contributed by atoms with Crippen molar-refractivity contribution in [1.82, 2.24) is 4.57 Å². The smallest absolute Gasteiger partial charge is 0.419 e. The van der Waals surface area contributed by atoms with Crippen molar-refractivity contribution < 1.29 is 23.5 Å². The van der Waals surface area contributed by atoms with Crippen LogP contribution in [-0.4, -0.2) is 29.3 Å². The number of hydrogen-bond donors (Lipinski definition) is 0. The Morgan fingerprint density at radius 1 is 1.03 bits per heavy atom. The van der Waals surface area contributed by atoms with Gasteiger partial charge in [0.25, 0.3) is 0 Å². The number of ether oxygens (including phenoxy) is 2. The molecule has 0 unspecified atom stereocenters. The van der Waals surface area contributed by atoms with Crippen LogP contribution in [0.5, 0.6) is 0 Å². The first-order valence-electron chi connectivity index (χ1n) is 9.95. The van der Waals surface area contributed by atoms with Gasteiger partial charge in [0.05, 0.1) is 12.6 Å². The summed E-state index contributed by atoms with van der Waals surface area (Å²) < 4.78 is 25.3. The number of hydrogen-bond acceptors (Lipinski definition) is 4. The fraction of sp³-hybridized carbons (Fsp3) is 0.333. The molecule has 0 N–H and O–H groups in total. The Morgan fingerprint density at radius 3 is 2.23 bits per heavy atom. The molecule has 5 nitrogen and oxygen atoms in total. The minimum Gasteiger partial charge on any atom is -0.464 e. The Labute approximate surface area is 174 Å². The van der Waals surface area contributed by atoms with Gasteiger partial charge in [-0.2, -0.15) is 0 Å². The van der Waals surface area contributed by atoms with Crippen molar-refractivity contribution in [1.29, 1.82) is 0 Å². The minimum atomic E-state index is -0.727. The van der Waals surface area contributed by atoms with E-state index in [0.717, 1.165) is 34.9 Å². The van der Waals surface area contributed by atoms with Crippen LogP contribution in [0.2, 0.25) is 0 Å². The summed E-state index contributed by atoms with van der Waals surface area (Å²) in [6, 6.07) is 11.8. The molecule has 0 atom stereocenters. The Kier molecular flexibility index (Phi) is 4.88. The summed E-state index contributed by atoms with van der Waals surface area (Å²) in [5, 5.41) is 0.828. The fourth-order valence-electron chi connectivity index (χ4n) is 3.72. The molecule has 30 heavy (non-hydrogen) atoms. The highest BCUT2D eigenvalue weighted by Crippen LogP contribution is 2.47. The number of rotatable bonds is 3. The highest BCUT2D eigenvalue weighted by molar-refractivity contribution is 6.05. The summed E-state index contributed by atoms with van der Waals surface area (Å²) in [5.74, 6) is -0.676. The molecule has 0 amide bonds. The Bertz CT molecular complexity index is 1130. The Morgan fingerprint density at radius 2 is 1.67 bits per heavy atom. The number of methoxy groups -OCH3 is 1.